The second-order valence-corrected chi connectivity index (χ2v) is 9.51. The summed E-state index contributed by atoms with van der Waals surface area (Å²) in [6.45, 7) is 5.85. The van der Waals surface area contributed by atoms with E-state index < -0.39 is 0 Å². The number of hydrogen-bond acceptors (Lipinski definition) is 4. The summed E-state index contributed by atoms with van der Waals surface area (Å²) >= 11 is 0. The van der Waals surface area contributed by atoms with Crippen LogP contribution in [-0.2, 0) is 16.2 Å². The molecule has 0 aromatic heterocycles. The molecular weight excluding hydrogens is 426 g/mol. The Kier molecular flexibility index (Phi) is 8.58. The van der Waals surface area contributed by atoms with Gasteiger partial charge in [-0.2, -0.15) is 0 Å². The van der Waals surface area contributed by atoms with Gasteiger partial charge in [-0.3, -0.25) is 14.5 Å². The van der Waals surface area contributed by atoms with Crippen LogP contribution in [0.1, 0.15) is 51.0 Å². The standard InChI is InChI=1S/C28H37N3O3/c1-22(30-19-15-24(16-20-30)28(33)31-17-7-2-3-8-18-31)27(32)29-25-11-13-26(14-12-25)34-21-23-9-5-4-6-10-23/h4-6,9-14,22,24H,2-3,7-8,15-21H2,1H3,(H,29,32)/t22-/m1/s1. The second kappa shape index (κ2) is 12.0. The van der Waals surface area contributed by atoms with Crippen molar-refractivity contribution in [1.29, 1.82) is 0 Å². The van der Waals surface area contributed by atoms with Crippen molar-refractivity contribution in [1.82, 2.24) is 9.80 Å². The molecule has 6 nitrogen and oxygen atoms in total. The van der Waals surface area contributed by atoms with Crippen molar-refractivity contribution in [3.05, 3.63) is 60.2 Å². The Morgan fingerprint density at radius 3 is 2.21 bits per heavy atom. The first-order valence-corrected chi connectivity index (χ1v) is 12.7. The third-order valence-corrected chi connectivity index (χ3v) is 7.09. The van der Waals surface area contributed by atoms with Gasteiger partial charge in [0.25, 0.3) is 0 Å². The average Bonchev–Trinajstić information content (AvgIpc) is 3.18. The molecule has 0 saturated carbocycles. The van der Waals surface area contributed by atoms with Crippen LogP contribution in [0, 0.1) is 5.92 Å². The maximum absolute atomic E-state index is 12.9. The molecule has 4 rings (SSSR count). The summed E-state index contributed by atoms with van der Waals surface area (Å²) in [6.07, 6.45) is 6.39. The van der Waals surface area contributed by atoms with Gasteiger partial charge in [0.2, 0.25) is 11.8 Å². The Bertz CT molecular complexity index is 916. The predicted octanol–water partition coefficient (Wildman–Crippen LogP) is 4.71. The highest BCUT2D eigenvalue weighted by Gasteiger charge is 2.32. The van der Waals surface area contributed by atoms with E-state index in [9.17, 15) is 9.59 Å². The molecule has 2 saturated heterocycles. The van der Waals surface area contributed by atoms with Crippen LogP contribution in [0.25, 0.3) is 0 Å². The smallest absolute Gasteiger partial charge is 0.241 e. The summed E-state index contributed by atoms with van der Waals surface area (Å²) in [7, 11) is 0. The first-order valence-electron chi connectivity index (χ1n) is 12.7. The summed E-state index contributed by atoms with van der Waals surface area (Å²) in [5.41, 5.74) is 1.88. The molecule has 0 unspecified atom stereocenters. The van der Waals surface area contributed by atoms with Crippen LogP contribution < -0.4 is 10.1 Å². The molecule has 0 radical (unpaired) electrons. The molecular formula is C28H37N3O3. The van der Waals surface area contributed by atoms with Gasteiger partial charge < -0.3 is 15.0 Å². The van der Waals surface area contributed by atoms with Crippen molar-refractivity contribution in [3.8, 4) is 5.75 Å². The number of anilines is 1. The van der Waals surface area contributed by atoms with E-state index in [1.54, 1.807) is 0 Å². The first-order chi connectivity index (χ1) is 16.6. The number of likely N-dealkylation sites (tertiary alicyclic amines) is 2. The SMILES string of the molecule is C[C@H](C(=O)Nc1ccc(OCc2ccccc2)cc1)N1CCC(C(=O)N2CCCCCC2)CC1. The molecule has 0 bridgehead atoms. The number of hydrogen-bond donors (Lipinski definition) is 1. The molecule has 182 valence electrons. The predicted molar refractivity (Wildman–Crippen MR) is 135 cm³/mol. The zero-order valence-electron chi connectivity index (χ0n) is 20.2. The van der Waals surface area contributed by atoms with Gasteiger partial charge in [0, 0.05) is 24.7 Å². The Hall–Kier alpha value is -2.86. The number of benzene rings is 2. The number of rotatable bonds is 7. The van der Waals surface area contributed by atoms with E-state index in [-0.39, 0.29) is 17.9 Å². The normalized spacial score (nSPS) is 18.7. The number of carbonyl (C=O) groups excluding carboxylic acids is 2. The maximum atomic E-state index is 12.9. The zero-order valence-corrected chi connectivity index (χ0v) is 20.2. The van der Waals surface area contributed by atoms with Crippen LogP contribution in [-0.4, -0.2) is 53.8 Å². The third-order valence-electron chi connectivity index (χ3n) is 7.09. The summed E-state index contributed by atoms with van der Waals surface area (Å²) in [5.74, 6) is 1.18. The molecule has 34 heavy (non-hydrogen) atoms. The summed E-state index contributed by atoms with van der Waals surface area (Å²) in [5, 5.41) is 3.02. The van der Waals surface area contributed by atoms with Gasteiger partial charge in [-0.1, -0.05) is 43.2 Å². The molecule has 1 atom stereocenters. The molecule has 2 fully saturated rings. The van der Waals surface area contributed by atoms with Crippen LogP contribution in [0.2, 0.25) is 0 Å². The molecule has 0 spiro atoms. The van der Waals surface area contributed by atoms with E-state index in [4.69, 9.17) is 4.74 Å². The molecule has 2 heterocycles. The van der Waals surface area contributed by atoms with E-state index in [1.165, 1.54) is 12.8 Å². The highest BCUT2D eigenvalue weighted by atomic mass is 16.5. The van der Waals surface area contributed by atoms with Crippen LogP contribution in [0.5, 0.6) is 5.75 Å². The number of carbonyl (C=O) groups is 2. The number of ether oxygens (including phenoxy) is 1. The van der Waals surface area contributed by atoms with E-state index >= 15 is 0 Å². The molecule has 2 aromatic carbocycles. The Labute approximate surface area is 203 Å². The third kappa shape index (κ3) is 6.60. The fourth-order valence-corrected chi connectivity index (χ4v) is 4.87. The van der Waals surface area contributed by atoms with Crippen molar-refractivity contribution in [2.75, 3.05) is 31.5 Å². The van der Waals surface area contributed by atoms with E-state index in [0.717, 1.165) is 68.9 Å². The lowest BCUT2D eigenvalue weighted by Crippen LogP contribution is -2.48. The van der Waals surface area contributed by atoms with Crippen molar-refractivity contribution in [2.24, 2.45) is 5.92 Å². The number of amides is 2. The summed E-state index contributed by atoms with van der Waals surface area (Å²) < 4.78 is 5.82. The topological polar surface area (TPSA) is 61.9 Å². The maximum Gasteiger partial charge on any atom is 0.241 e. The van der Waals surface area contributed by atoms with Crippen molar-refractivity contribution in [2.45, 2.75) is 58.1 Å². The highest BCUT2D eigenvalue weighted by molar-refractivity contribution is 5.94. The van der Waals surface area contributed by atoms with E-state index in [2.05, 4.69) is 15.1 Å². The minimum absolute atomic E-state index is 0.0183. The summed E-state index contributed by atoms with van der Waals surface area (Å²) in [4.78, 5) is 30.1. The lowest BCUT2D eigenvalue weighted by atomic mass is 9.94. The molecule has 2 amide bonds. The van der Waals surface area contributed by atoms with Gasteiger partial charge in [0.05, 0.1) is 6.04 Å². The summed E-state index contributed by atoms with van der Waals surface area (Å²) in [6, 6.07) is 17.3. The van der Waals surface area contributed by atoms with E-state index in [0.29, 0.717) is 12.5 Å². The van der Waals surface area contributed by atoms with Gasteiger partial charge in [-0.25, -0.2) is 0 Å². The zero-order chi connectivity index (χ0) is 23.8. The monoisotopic (exact) mass is 463 g/mol. The van der Waals surface area contributed by atoms with Gasteiger partial charge >= 0.3 is 0 Å². The van der Waals surface area contributed by atoms with Gasteiger partial charge in [-0.05, 0) is 75.5 Å². The van der Waals surface area contributed by atoms with Gasteiger partial charge in [0.1, 0.15) is 12.4 Å². The largest absolute Gasteiger partial charge is 0.489 e. The van der Waals surface area contributed by atoms with Crippen LogP contribution in [0.15, 0.2) is 54.6 Å². The minimum atomic E-state index is -0.233. The molecule has 2 aliphatic heterocycles. The fraction of sp³-hybridized carbons (Fsp3) is 0.500. The minimum Gasteiger partial charge on any atom is -0.489 e. The molecule has 2 aliphatic rings. The van der Waals surface area contributed by atoms with Crippen LogP contribution in [0.3, 0.4) is 0 Å². The van der Waals surface area contributed by atoms with Crippen molar-refractivity contribution >= 4 is 17.5 Å². The lowest BCUT2D eigenvalue weighted by Gasteiger charge is -2.36. The van der Waals surface area contributed by atoms with Crippen LogP contribution >= 0.6 is 0 Å². The van der Waals surface area contributed by atoms with Crippen molar-refractivity contribution in [3.63, 3.8) is 0 Å². The highest BCUT2D eigenvalue weighted by Crippen LogP contribution is 2.24. The van der Waals surface area contributed by atoms with Gasteiger partial charge in [-0.15, -0.1) is 0 Å². The van der Waals surface area contributed by atoms with Crippen LogP contribution in [0.4, 0.5) is 5.69 Å². The lowest BCUT2D eigenvalue weighted by molar-refractivity contribution is -0.137. The second-order valence-electron chi connectivity index (χ2n) is 9.51. The number of nitrogens with one attached hydrogen (secondary N) is 1. The molecule has 1 N–H and O–H groups in total. The molecule has 6 heteroatoms. The number of piperidine rings is 1. The average molecular weight is 464 g/mol. The first kappa shape index (κ1) is 24.3. The van der Waals surface area contributed by atoms with Crippen molar-refractivity contribution < 1.29 is 14.3 Å². The fourth-order valence-electron chi connectivity index (χ4n) is 4.87. The molecule has 0 aliphatic carbocycles. The number of nitrogens with zero attached hydrogens (tertiary/aromatic N) is 2. The Morgan fingerprint density at radius 2 is 1.56 bits per heavy atom. The Balaban J connectivity index is 1.22. The van der Waals surface area contributed by atoms with Gasteiger partial charge in [0.15, 0.2) is 0 Å². The van der Waals surface area contributed by atoms with E-state index in [1.807, 2.05) is 61.5 Å². The Morgan fingerprint density at radius 1 is 0.912 bits per heavy atom. The quantitative estimate of drug-likeness (QED) is 0.646. The molecule has 2 aromatic rings.